The minimum Gasteiger partial charge on any atom is -0.396 e. The Bertz CT molecular complexity index is 692. The molecular formula is C19H24N2O3. The van der Waals surface area contributed by atoms with E-state index in [-0.39, 0.29) is 23.7 Å². The zero-order chi connectivity index (χ0) is 17.2. The lowest BCUT2D eigenvalue weighted by atomic mass is 9.77. The minimum atomic E-state index is -0.122. The van der Waals surface area contributed by atoms with E-state index in [0.717, 1.165) is 24.8 Å². The average molecular weight is 328 g/mol. The van der Waals surface area contributed by atoms with Gasteiger partial charge < -0.3 is 14.5 Å². The van der Waals surface area contributed by atoms with Gasteiger partial charge in [-0.25, -0.2) is 0 Å². The number of amides is 1. The molecule has 3 rings (SSSR count). The monoisotopic (exact) mass is 328 g/mol. The van der Waals surface area contributed by atoms with Crippen molar-refractivity contribution in [1.82, 2.24) is 10.1 Å². The van der Waals surface area contributed by atoms with Crippen molar-refractivity contribution < 1.29 is 14.4 Å². The topological polar surface area (TPSA) is 66.6 Å². The standard InChI is InChI=1S/C19H24N2O3/c1-3-19(13-22)8-10-21(11-9-19)18(23)17-12-16(20-24-17)15-6-4-14(2)5-7-15/h4-7,12,22H,3,8-11,13H2,1-2H3. The number of benzene rings is 1. The highest BCUT2D eigenvalue weighted by Gasteiger charge is 2.35. The maximum absolute atomic E-state index is 12.6. The zero-order valence-corrected chi connectivity index (χ0v) is 14.3. The van der Waals surface area contributed by atoms with Crippen molar-refractivity contribution in [3.05, 3.63) is 41.7 Å². The van der Waals surface area contributed by atoms with Gasteiger partial charge in [-0.05, 0) is 31.6 Å². The van der Waals surface area contributed by atoms with Gasteiger partial charge in [-0.15, -0.1) is 0 Å². The number of nitrogens with zero attached hydrogens (tertiary/aromatic N) is 2. The van der Waals surface area contributed by atoms with Gasteiger partial charge in [-0.2, -0.15) is 0 Å². The number of carbonyl (C=O) groups excluding carboxylic acids is 1. The molecule has 1 aromatic carbocycles. The van der Waals surface area contributed by atoms with Crippen LogP contribution in [-0.4, -0.2) is 40.8 Å². The molecule has 2 heterocycles. The van der Waals surface area contributed by atoms with Gasteiger partial charge in [-0.3, -0.25) is 4.79 Å². The van der Waals surface area contributed by atoms with E-state index in [9.17, 15) is 9.90 Å². The summed E-state index contributed by atoms with van der Waals surface area (Å²) in [6.45, 7) is 5.60. The van der Waals surface area contributed by atoms with Crippen LogP contribution in [0.3, 0.4) is 0 Å². The summed E-state index contributed by atoms with van der Waals surface area (Å²) < 4.78 is 5.28. The van der Waals surface area contributed by atoms with Crippen molar-refractivity contribution in [2.45, 2.75) is 33.1 Å². The summed E-state index contributed by atoms with van der Waals surface area (Å²) in [7, 11) is 0. The maximum Gasteiger partial charge on any atom is 0.292 e. The highest BCUT2D eigenvalue weighted by Crippen LogP contribution is 2.34. The van der Waals surface area contributed by atoms with Crippen molar-refractivity contribution in [2.24, 2.45) is 5.41 Å². The second-order valence-electron chi connectivity index (χ2n) is 6.75. The quantitative estimate of drug-likeness (QED) is 0.935. The first-order valence-electron chi connectivity index (χ1n) is 8.51. The van der Waals surface area contributed by atoms with Gasteiger partial charge in [-0.1, -0.05) is 41.9 Å². The van der Waals surface area contributed by atoms with Crippen LogP contribution in [0.4, 0.5) is 0 Å². The normalized spacial score (nSPS) is 17.0. The molecule has 0 atom stereocenters. The van der Waals surface area contributed by atoms with E-state index in [2.05, 4.69) is 12.1 Å². The Kier molecular flexibility index (Phi) is 4.71. The molecule has 0 saturated carbocycles. The Morgan fingerprint density at radius 1 is 1.29 bits per heavy atom. The molecule has 1 aliphatic rings. The van der Waals surface area contributed by atoms with Crippen LogP contribution in [0.1, 0.15) is 42.3 Å². The van der Waals surface area contributed by atoms with E-state index in [1.54, 1.807) is 11.0 Å². The number of hydrogen-bond donors (Lipinski definition) is 1. The highest BCUT2D eigenvalue weighted by atomic mass is 16.5. The van der Waals surface area contributed by atoms with Crippen LogP contribution in [0.15, 0.2) is 34.9 Å². The van der Waals surface area contributed by atoms with E-state index in [0.29, 0.717) is 18.8 Å². The maximum atomic E-state index is 12.6. The van der Waals surface area contributed by atoms with Crippen molar-refractivity contribution in [2.75, 3.05) is 19.7 Å². The second kappa shape index (κ2) is 6.77. The Balaban J connectivity index is 1.69. The SMILES string of the molecule is CCC1(CO)CCN(C(=O)c2cc(-c3ccc(C)cc3)no2)CC1. The van der Waals surface area contributed by atoms with Crippen molar-refractivity contribution >= 4 is 5.91 Å². The summed E-state index contributed by atoms with van der Waals surface area (Å²) in [5, 5.41) is 13.6. The molecule has 1 N–H and O–H groups in total. The fourth-order valence-corrected chi connectivity index (χ4v) is 3.20. The Hall–Kier alpha value is -2.14. The van der Waals surface area contributed by atoms with E-state index in [1.807, 2.05) is 31.2 Å². The first kappa shape index (κ1) is 16.7. The lowest BCUT2D eigenvalue weighted by Gasteiger charge is -2.39. The lowest BCUT2D eigenvalue weighted by molar-refractivity contribution is 0.0315. The van der Waals surface area contributed by atoms with Gasteiger partial charge in [0, 0.05) is 31.3 Å². The third kappa shape index (κ3) is 3.22. The van der Waals surface area contributed by atoms with Crippen LogP contribution >= 0.6 is 0 Å². The molecule has 1 fully saturated rings. The molecule has 0 aliphatic carbocycles. The van der Waals surface area contributed by atoms with Crippen LogP contribution in [0.2, 0.25) is 0 Å². The molecule has 5 nitrogen and oxygen atoms in total. The molecule has 24 heavy (non-hydrogen) atoms. The van der Waals surface area contributed by atoms with Gasteiger partial charge in [0.1, 0.15) is 5.69 Å². The van der Waals surface area contributed by atoms with Crippen LogP contribution in [0.5, 0.6) is 0 Å². The van der Waals surface area contributed by atoms with Gasteiger partial charge in [0.05, 0.1) is 0 Å². The summed E-state index contributed by atoms with van der Waals surface area (Å²) in [6.07, 6.45) is 2.58. The highest BCUT2D eigenvalue weighted by molar-refractivity contribution is 5.92. The smallest absolute Gasteiger partial charge is 0.292 e. The van der Waals surface area contributed by atoms with E-state index in [4.69, 9.17) is 4.52 Å². The molecule has 0 radical (unpaired) electrons. The predicted molar refractivity (Wildman–Crippen MR) is 91.6 cm³/mol. The van der Waals surface area contributed by atoms with Gasteiger partial charge in [0.15, 0.2) is 0 Å². The number of aromatic nitrogens is 1. The lowest BCUT2D eigenvalue weighted by Crippen LogP contribution is -2.44. The number of piperidine rings is 1. The zero-order valence-electron chi connectivity index (χ0n) is 14.3. The van der Waals surface area contributed by atoms with E-state index < -0.39 is 0 Å². The molecule has 1 saturated heterocycles. The number of aliphatic hydroxyl groups is 1. The summed E-state index contributed by atoms with van der Waals surface area (Å²) in [4.78, 5) is 14.4. The van der Waals surface area contributed by atoms with Crippen molar-refractivity contribution in [3.8, 4) is 11.3 Å². The van der Waals surface area contributed by atoms with Crippen LogP contribution in [-0.2, 0) is 0 Å². The Labute approximate surface area is 142 Å². The predicted octanol–water partition coefficient (Wildman–Crippen LogP) is 3.27. The summed E-state index contributed by atoms with van der Waals surface area (Å²) >= 11 is 0. The molecule has 2 aromatic rings. The molecule has 0 unspecified atom stereocenters. The van der Waals surface area contributed by atoms with E-state index >= 15 is 0 Å². The molecule has 1 amide bonds. The average Bonchev–Trinajstić information content (AvgIpc) is 3.12. The van der Waals surface area contributed by atoms with Crippen LogP contribution in [0, 0.1) is 12.3 Å². The molecule has 0 spiro atoms. The van der Waals surface area contributed by atoms with Gasteiger partial charge in [0.25, 0.3) is 5.91 Å². The second-order valence-corrected chi connectivity index (χ2v) is 6.75. The fraction of sp³-hybridized carbons (Fsp3) is 0.474. The number of hydrogen-bond acceptors (Lipinski definition) is 4. The molecular weight excluding hydrogens is 304 g/mol. The fourth-order valence-electron chi connectivity index (χ4n) is 3.20. The largest absolute Gasteiger partial charge is 0.396 e. The third-order valence-electron chi connectivity index (χ3n) is 5.26. The van der Waals surface area contributed by atoms with Gasteiger partial charge in [0.2, 0.25) is 5.76 Å². The number of aliphatic hydroxyl groups excluding tert-OH is 1. The van der Waals surface area contributed by atoms with Gasteiger partial charge >= 0.3 is 0 Å². The summed E-state index contributed by atoms with van der Waals surface area (Å²) in [5.41, 5.74) is 2.75. The third-order valence-corrected chi connectivity index (χ3v) is 5.26. The Morgan fingerprint density at radius 3 is 2.54 bits per heavy atom. The number of likely N-dealkylation sites (tertiary alicyclic amines) is 1. The van der Waals surface area contributed by atoms with Crippen LogP contribution < -0.4 is 0 Å². The Morgan fingerprint density at radius 2 is 1.96 bits per heavy atom. The minimum absolute atomic E-state index is 0.0365. The molecule has 0 bridgehead atoms. The van der Waals surface area contributed by atoms with Crippen molar-refractivity contribution in [3.63, 3.8) is 0 Å². The molecule has 5 heteroatoms. The van der Waals surface area contributed by atoms with E-state index in [1.165, 1.54) is 5.56 Å². The first-order chi connectivity index (χ1) is 11.6. The number of aryl methyl sites for hydroxylation is 1. The van der Waals surface area contributed by atoms with Crippen molar-refractivity contribution in [1.29, 1.82) is 0 Å². The first-order valence-corrected chi connectivity index (χ1v) is 8.51. The number of carbonyl (C=O) groups is 1. The summed E-state index contributed by atoms with van der Waals surface area (Å²) in [6, 6.07) is 9.67. The number of rotatable bonds is 4. The van der Waals surface area contributed by atoms with Crippen LogP contribution in [0.25, 0.3) is 11.3 Å². The molecule has 1 aliphatic heterocycles. The summed E-state index contributed by atoms with van der Waals surface area (Å²) in [5.74, 6) is 0.155. The molecule has 1 aromatic heterocycles. The molecule has 128 valence electrons.